The van der Waals surface area contributed by atoms with E-state index in [1.165, 1.54) is 0 Å². The minimum Gasteiger partial charge on any atom is -0.458 e. The van der Waals surface area contributed by atoms with Crippen molar-refractivity contribution in [2.24, 2.45) is 0 Å². The lowest BCUT2D eigenvalue weighted by molar-refractivity contribution is -0.158. The molecule has 0 spiro atoms. The molecular formula is C19H24N2O3. The first-order valence-corrected chi connectivity index (χ1v) is 8.39. The zero-order valence-electron chi connectivity index (χ0n) is 14.4. The van der Waals surface area contributed by atoms with Crippen molar-refractivity contribution in [3.63, 3.8) is 0 Å². The lowest BCUT2D eigenvalue weighted by Gasteiger charge is -2.28. The van der Waals surface area contributed by atoms with Crippen molar-refractivity contribution < 1.29 is 14.3 Å². The fourth-order valence-corrected chi connectivity index (χ4v) is 2.92. The van der Waals surface area contributed by atoms with E-state index < -0.39 is 11.6 Å². The van der Waals surface area contributed by atoms with Crippen molar-refractivity contribution in [2.45, 2.75) is 51.4 Å². The summed E-state index contributed by atoms with van der Waals surface area (Å²) in [7, 11) is 0. The van der Waals surface area contributed by atoms with E-state index in [9.17, 15) is 4.79 Å². The van der Waals surface area contributed by atoms with Gasteiger partial charge in [0.25, 0.3) is 0 Å². The topological polar surface area (TPSA) is 60.5 Å². The molecule has 24 heavy (non-hydrogen) atoms. The average molecular weight is 328 g/mol. The highest BCUT2D eigenvalue weighted by atomic mass is 16.6. The predicted octanol–water partition coefficient (Wildman–Crippen LogP) is 3.54. The van der Waals surface area contributed by atoms with Gasteiger partial charge in [-0.15, -0.1) is 0 Å². The van der Waals surface area contributed by atoms with E-state index in [4.69, 9.17) is 9.47 Å². The number of carbonyl (C=O) groups excluding carboxylic acids is 1. The van der Waals surface area contributed by atoms with Crippen LogP contribution in [0.2, 0.25) is 0 Å². The number of para-hydroxylation sites is 1. The van der Waals surface area contributed by atoms with E-state index in [-0.39, 0.29) is 12.1 Å². The van der Waals surface area contributed by atoms with Crippen molar-refractivity contribution >= 4 is 22.6 Å². The van der Waals surface area contributed by atoms with Gasteiger partial charge in [-0.05, 0) is 45.7 Å². The van der Waals surface area contributed by atoms with E-state index in [0.717, 1.165) is 29.4 Å². The Morgan fingerprint density at radius 1 is 1.33 bits per heavy atom. The Kier molecular flexibility index (Phi) is 4.71. The summed E-state index contributed by atoms with van der Waals surface area (Å²) in [6.45, 7) is 6.30. The highest BCUT2D eigenvalue weighted by molar-refractivity contribution is 5.92. The van der Waals surface area contributed by atoms with Crippen molar-refractivity contribution in [1.29, 1.82) is 0 Å². The summed E-state index contributed by atoms with van der Waals surface area (Å²) in [6.07, 6.45) is 3.37. The molecule has 3 rings (SSSR count). The Bertz CT molecular complexity index is 713. The molecule has 0 amide bonds. The van der Waals surface area contributed by atoms with Gasteiger partial charge >= 0.3 is 5.97 Å². The average Bonchev–Trinajstić information content (AvgIpc) is 3.05. The van der Waals surface area contributed by atoms with Gasteiger partial charge in [0.15, 0.2) is 6.04 Å². The number of nitrogens with one attached hydrogen (secondary N) is 1. The van der Waals surface area contributed by atoms with E-state index >= 15 is 0 Å². The first kappa shape index (κ1) is 16.7. The van der Waals surface area contributed by atoms with E-state index in [1.807, 2.05) is 51.1 Å². The van der Waals surface area contributed by atoms with E-state index in [0.29, 0.717) is 6.61 Å². The Hall–Kier alpha value is -2.14. The zero-order chi connectivity index (χ0) is 17.2. The quantitative estimate of drug-likeness (QED) is 0.870. The van der Waals surface area contributed by atoms with Gasteiger partial charge in [0, 0.05) is 18.2 Å². The number of aromatic nitrogens is 1. The summed E-state index contributed by atoms with van der Waals surface area (Å²) in [5.74, 6) is -0.290. The second-order valence-electron chi connectivity index (χ2n) is 7.09. The number of rotatable bonds is 4. The molecule has 1 fully saturated rings. The number of hydrogen-bond acceptors (Lipinski definition) is 5. The molecule has 128 valence electrons. The zero-order valence-corrected chi connectivity index (χ0v) is 14.4. The number of anilines is 1. The third kappa shape index (κ3) is 3.85. The second-order valence-corrected chi connectivity index (χ2v) is 7.09. The normalized spacial score (nSPS) is 19.2. The van der Waals surface area contributed by atoms with Gasteiger partial charge in [0.05, 0.1) is 17.3 Å². The maximum absolute atomic E-state index is 12.7. The SMILES string of the molecule is CC(C)(C)OC(=O)[C@H](Nc1cccc2cccnc12)C1CCCO1. The molecule has 1 saturated heterocycles. The molecule has 5 heteroatoms. The Labute approximate surface area is 142 Å². The number of fused-ring (bicyclic) bond motifs is 1. The number of carbonyl (C=O) groups is 1. The predicted molar refractivity (Wildman–Crippen MR) is 94.0 cm³/mol. The van der Waals surface area contributed by atoms with Crippen LogP contribution in [0.1, 0.15) is 33.6 Å². The third-order valence-electron chi connectivity index (χ3n) is 3.94. The van der Waals surface area contributed by atoms with Gasteiger partial charge in [-0.3, -0.25) is 4.98 Å². The Morgan fingerprint density at radius 3 is 2.83 bits per heavy atom. The summed E-state index contributed by atoms with van der Waals surface area (Å²) in [5.41, 5.74) is 1.12. The number of pyridine rings is 1. The van der Waals surface area contributed by atoms with Crippen LogP contribution < -0.4 is 5.32 Å². The number of nitrogens with zero attached hydrogens (tertiary/aromatic N) is 1. The standard InChI is InChI=1S/C19H24N2O3/c1-19(2,3)24-18(22)17(15-10-6-12-23-15)21-14-9-4-7-13-8-5-11-20-16(13)14/h4-5,7-9,11,15,17,21H,6,10,12H2,1-3H3/t15?,17-/m1/s1. The van der Waals surface area contributed by atoms with Crippen LogP contribution in [0.5, 0.6) is 0 Å². The molecule has 2 heterocycles. The summed E-state index contributed by atoms with van der Waals surface area (Å²) in [4.78, 5) is 17.1. The second kappa shape index (κ2) is 6.77. The van der Waals surface area contributed by atoms with Gasteiger partial charge in [-0.2, -0.15) is 0 Å². The fourth-order valence-electron chi connectivity index (χ4n) is 2.92. The molecule has 2 atom stereocenters. The number of esters is 1. The molecule has 2 aromatic rings. The summed E-state index contributed by atoms with van der Waals surface area (Å²) >= 11 is 0. The van der Waals surface area contributed by atoms with Crippen LogP contribution in [0.4, 0.5) is 5.69 Å². The first-order chi connectivity index (χ1) is 11.4. The smallest absolute Gasteiger partial charge is 0.331 e. The molecule has 0 bridgehead atoms. The van der Waals surface area contributed by atoms with Gasteiger partial charge in [0.1, 0.15) is 5.60 Å². The molecule has 1 aliphatic rings. The maximum Gasteiger partial charge on any atom is 0.331 e. The largest absolute Gasteiger partial charge is 0.458 e. The van der Waals surface area contributed by atoms with Gasteiger partial charge < -0.3 is 14.8 Å². The molecule has 1 unspecified atom stereocenters. The molecule has 1 aliphatic heterocycles. The maximum atomic E-state index is 12.7. The lowest BCUT2D eigenvalue weighted by Crippen LogP contribution is -2.44. The highest BCUT2D eigenvalue weighted by Gasteiger charge is 2.35. The molecule has 1 N–H and O–H groups in total. The molecule has 1 aromatic heterocycles. The van der Waals surface area contributed by atoms with E-state index in [1.54, 1.807) is 6.20 Å². The molecule has 1 aromatic carbocycles. The lowest BCUT2D eigenvalue weighted by atomic mass is 10.1. The molecule has 0 aliphatic carbocycles. The minimum absolute atomic E-state index is 0.182. The van der Waals surface area contributed by atoms with Gasteiger partial charge in [-0.1, -0.05) is 18.2 Å². The Morgan fingerprint density at radius 2 is 2.12 bits per heavy atom. The van der Waals surface area contributed by atoms with Crippen LogP contribution in [0, 0.1) is 0 Å². The molecule has 5 nitrogen and oxygen atoms in total. The van der Waals surface area contributed by atoms with Crippen molar-refractivity contribution in [3.8, 4) is 0 Å². The minimum atomic E-state index is -0.542. The number of hydrogen-bond donors (Lipinski definition) is 1. The summed E-state index contributed by atoms with van der Waals surface area (Å²) in [6, 6.07) is 9.25. The van der Waals surface area contributed by atoms with Crippen molar-refractivity contribution in [3.05, 3.63) is 36.5 Å². The van der Waals surface area contributed by atoms with Crippen molar-refractivity contribution in [2.75, 3.05) is 11.9 Å². The van der Waals surface area contributed by atoms with Crippen LogP contribution in [-0.2, 0) is 14.3 Å². The Balaban J connectivity index is 1.89. The third-order valence-corrected chi connectivity index (χ3v) is 3.94. The molecular weight excluding hydrogens is 304 g/mol. The van der Waals surface area contributed by atoms with Crippen LogP contribution in [0.15, 0.2) is 36.5 Å². The fraction of sp³-hybridized carbons (Fsp3) is 0.474. The number of benzene rings is 1. The molecule has 0 saturated carbocycles. The van der Waals surface area contributed by atoms with Crippen LogP contribution in [0.25, 0.3) is 10.9 Å². The van der Waals surface area contributed by atoms with Crippen molar-refractivity contribution in [1.82, 2.24) is 4.98 Å². The highest BCUT2D eigenvalue weighted by Crippen LogP contribution is 2.26. The van der Waals surface area contributed by atoms with Crippen LogP contribution in [-0.4, -0.2) is 35.3 Å². The van der Waals surface area contributed by atoms with Gasteiger partial charge in [0.2, 0.25) is 0 Å². The summed E-state index contributed by atoms with van der Waals surface area (Å²) in [5, 5.41) is 4.35. The summed E-state index contributed by atoms with van der Waals surface area (Å²) < 4.78 is 11.3. The molecule has 0 radical (unpaired) electrons. The number of ether oxygens (including phenoxy) is 2. The van der Waals surface area contributed by atoms with E-state index in [2.05, 4.69) is 10.3 Å². The van der Waals surface area contributed by atoms with Crippen LogP contribution >= 0.6 is 0 Å². The van der Waals surface area contributed by atoms with Crippen LogP contribution in [0.3, 0.4) is 0 Å². The first-order valence-electron chi connectivity index (χ1n) is 8.39. The monoisotopic (exact) mass is 328 g/mol. The van der Waals surface area contributed by atoms with Gasteiger partial charge in [-0.25, -0.2) is 4.79 Å².